The normalized spacial score (nSPS) is 15.8. The smallest absolute Gasteiger partial charge is 0.263 e. The van der Waals surface area contributed by atoms with Gasteiger partial charge in [-0.1, -0.05) is 30.3 Å². The van der Waals surface area contributed by atoms with Crippen LogP contribution in [-0.2, 0) is 13.0 Å². The van der Waals surface area contributed by atoms with Crippen molar-refractivity contribution in [2.75, 3.05) is 20.1 Å². The van der Waals surface area contributed by atoms with E-state index in [1.54, 1.807) is 18.5 Å². The van der Waals surface area contributed by atoms with Crippen LogP contribution in [0.2, 0.25) is 0 Å². The lowest BCUT2D eigenvalue weighted by Crippen LogP contribution is -2.47. The Kier molecular flexibility index (Phi) is 7.16. The van der Waals surface area contributed by atoms with Gasteiger partial charge in [0, 0.05) is 32.0 Å². The summed E-state index contributed by atoms with van der Waals surface area (Å²) in [5.41, 5.74) is 3.72. The van der Waals surface area contributed by atoms with Gasteiger partial charge in [-0.2, -0.15) is 0 Å². The minimum Gasteiger partial charge on any atom is -0.337 e. The number of hydrogen-bond donors (Lipinski definition) is 0. The van der Waals surface area contributed by atoms with Crippen molar-refractivity contribution in [1.29, 1.82) is 0 Å². The number of likely N-dealkylation sites (tertiary alicyclic amines) is 1. The number of nitrogens with zero attached hydrogens (tertiary/aromatic N) is 4. The van der Waals surface area contributed by atoms with Crippen LogP contribution in [0.25, 0.3) is 11.0 Å². The van der Waals surface area contributed by atoms with E-state index >= 15 is 0 Å². The maximum atomic E-state index is 14.6. The van der Waals surface area contributed by atoms with E-state index in [0.717, 1.165) is 48.4 Å². The third-order valence-electron chi connectivity index (χ3n) is 7.05. The Balaban J connectivity index is 1.29. The molecule has 1 aliphatic rings. The van der Waals surface area contributed by atoms with Crippen LogP contribution in [0.15, 0.2) is 72.4 Å². The number of rotatable bonds is 7. The molecule has 0 aliphatic carbocycles. The number of piperidine rings is 1. The van der Waals surface area contributed by atoms with Crippen molar-refractivity contribution in [2.24, 2.45) is 5.92 Å². The van der Waals surface area contributed by atoms with Gasteiger partial charge in [-0.25, -0.2) is 4.39 Å². The fourth-order valence-corrected chi connectivity index (χ4v) is 5.80. The summed E-state index contributed by atoms with van der Waals surface area (Å²) in [7, 11) is 1.87. The summed E-state index contributed by atoms with van der Waals surface area (Å²) in [5, 5.41) is 1.92. The van der Waals surface area contributed by atoms with E-state index in [4.69, 9.17) is 0 Å². The lowest BCUT2D eigenvalue weighted by molar-refractivity contribution is 0.0588. The standard InChI is InChI=1S/C28H29FN4OS/c1-32(28(34)27-7-4-16-35-27)26(18-22-5-2-3-6-23(22)29)21-10-14-33(15-11-21)19-20-8-9-24-25(17-20)31-13-12-30-24/h2-9,12-13,16-17,21,26H,10-11,14-15,18-19H2,1H3/t26-/m0/s1. The fraction of sp³-hybridized carbons (Fsp3) is 0.321. The summed E-state index contributed by atoms with van der Waals surface area (Å²) >= 11 is 1.45. The molecule has 7 heteroatoms. The first-order valence-corrected chi connectivity index (χ1v) is 12.9. The van der Waals surface area contributed by atoms with Gasteiger partial charge in [0.25, 0.3) is 5.91 Å². The topological polar surface area (TPSA) is 49.3 Å². The molecule has 35 heavy (non-hydrogen) atoms. The molecule has 2 aromatic carbocycles. The summed E-state index contributed by atoms with van der Waals surface area (Å²) in [6, 6.07) is 16.9. The average molecular weight is 489 g/mol. The van der Waals surface area contributed by atoms with Gasteiger partial charge in [-0.05, 0) is 79.0 Å². The van der Waals surface area contributed by atoms with Gasteiger partial charge in [0.05, 0.1) is 15.9 Å². The molecule has 0 unspecified atom stereocenters. The molecule has 2 aromatic heterocycles. The Morgan fingerprint density at radius 1 is 1.09 bits per heavy atom. The Bertz CT molecular complexity index is 1290. The van der Waals surface area contributed by atoms with E-state index in [2.05, 4.69) is 27.0 Å². The van der Waals surface area contributed by atoms with Crippen LogP contribution in [0, 0.1) is 11.7 Å². The van der Waals surface area contributed by atoms with E-state index in [1.165, 1.54) is 23.0 Å². The third-order valence-corrected chi connectivity index (χ3v) is 7.91. The largest absolute Gasteiger partial charge is 0.337 e. The summed E-state index contributed by atoms with van der Waals surface area (Å²) < 4.78 is 14.6. The van der Waals surface area contributed by atoms with Crippen LogP contribution in [-0.4, -0.2) is 51.9 Å². The molecule has 0 bridgehead atoms. The maximum Gasteiger partial charge on any atom is 0.263 e. The number of thiophene rings is 1. The van der Waals surface area contributed by atoms with Gasteiger partial charge in [0.2, 0.25) is 0 Å². The minimum absolute atomic E-state index is 0.0149. The average Bonchev–Trinajstić information content (AvgIpc) is 3.43. The number of carbonyl (C=O) groups excluding carboxylic acids is 1. The molecule has 5 nitrogen and oxygen atoms in total. The Hall–Kier alpha value is -3.16. The monoisotopic (exact) mass is 488 g/mol. The molecule has 1 saturated heterocycles. The number of likely N-dealkylation sites (N-methyl/N-ethyl adjacent to an activating group) is 1. The molecular weight excluding hydrogens is 459 g/mol. The van der Waals surface area contributed by atoms with Crippen molar-refractivity contribution in [1.82, 2.24) is 19.8 Å². The number of halogens is 1. The molecule has 1 aliphatic heterocycles. The summed E-state index contributed by atoms with van der Waals surface area (Å²) in [6.45, 7) is 2.75. The van der Waals surface area contributed by atoms with Crippen molar-refractivity contribution in [3.8, 4) is 0 Å². The van der Waals surface area contributed by atoms with Gasteiger partial charge in [-0.3, -0.25) is 19.7 Å². The number of fused-ring (bicyclic) bond motifs is 1. The van der Waals surface area contributed by atoms with Crippen molar-refractivity contribution in [2.45, 2.75) is 31.8 Å². The summed E-state index contributed by atoms with van der Waals surface area (Å²) in [6.07, 6.45) is 5.89. The lowest BCUT2D eigenvalue weighted by Gasteiger charge is -2.40. The van der Waals surface area contributed by atoms with E-state index in [-0.39, 0.29) is 17.8 Å². The highest BCUT2D eigenvalue weighted by molar-refractivity contribution is 7.12. The molecule has 3 heterocycles. The fourth-order valence-electron chi connectivity index (χ4n) is 5.09. The zero-order valence-corrected chi connectivity index (χ0v) is 20.6. The SMILES string of the molecule is CN(C(=O)c1cccs1)[C@@H](Cc1ccccc1F)C1CCN(Cc2ccc3nccnc3c2)CC1. The number of carbonyl (C=O) groups is 1. The van der Waals surface area contributed by atoms with Gasteiger partial charge in [0.1, 0.15) is 5.82 Å². The van der Waals surface area contributed by atoms with Gasteiger partial charge < -0.3 is 4.90 Å². The van der Waals surface area contributed by atoms with Crippen molar-refractivity contribution >= 4 is 28.3 Å². The molecule has 0 saturated carbocycles. The van der Waals surface area contributed by atoms with Gasteiger partial charge in [0.15, 0.2) is 0 Å². The number of benzene rings is 2. The maximum absolute atomic E-state index is 14.6. The molecule has 0 N–H and O–H groups in total. The Morgan fingerprint density at radius 3 is 2.60 bits per heavy atom. The second-order valence-electron chi connectivity index (χ2n) is 9.25. The van der Waals surface area contributed by atoms with Crippen LogP contribution in [0.4, 0.5) is 4.39 Å². The predicted molar refractivity (Wildman–Crippen MR) is 138 cm³/mol. The van der Waals surface area contributed by atoms with E-state index in [0.29, 0.717) is 17.9 Å². The van der Waals surface area contributed by atoms with Crippen molar-refractivity contribution < 1.29 is 9.18 Å². The highest BCUT2D eigenvalue weighted by atomic mass is 32.1. The summed E-state index contributed by atoms with van der Waals surface area (Å²) in [5.74, 6) is 0.120. The number of hydrogen-bond acceptors (Lipinski definition) is 5. The molecule has 0 radical (unpaired) electrons. The van der Waals surface area contributed by atoms with Crippen LogP contribution in [0.3, 0.4) is 0 Å². The molecule has 1 amide bonds. The van der Waals surface area contributed by atoms with Crippen LogP contribution in [0.5, 0.6) is 0 Å². The second-order valence-corrected chi connectivity index (χ2v) is 10.2. The van der Waals surface area contributed by atoms with Crippen molar-refractivity contribution in [3.63, 3.8) is 0 Å². The van der Waals surface area contributed by atoms with Crippen LogP contribution in [0.1, 0.15) is 33.6 Å². The van der Waals surface area contributed by atoms with E-state index in [1.807, 2.05) is 47.7 Å². The first kappa shape index (κ1) is 23.6. The van der Waals surface area contributed by atoms with Crippen LogP contribution < -0.4 is 0 Å². The molecular formula is C28H29FN4OS. The Morgan fingerprint density at radius 2 is 1.86 bits per heavy atom. The Labute approximate surface area is 209 Å². The molecule has 1 atom stereocenters. The van der Waals surface area contributed by atoms with Gasteiger partial charge in [-0.15, -0.1) is 11.3 Å². The van der Waals surface area contributed by atoms with Crippen molar-refractivity contribution in [3.05, 3.63) is 94.2 Å². The number of amides is 1. The zero-order valence-electron chi connectivity index (χ0n) is 19.8. The molecule has 4 aromatic rings. The molecule has 1 fully saturated rings. The molecule has 0 spiro atoms. The quantitative estimate of drug-likeness (QED) is 0.348. The predicted octanol–water partition coefficient (Wildman–Crippen LogP) is 5.43. The van der Waals surface area contributed by atoms with Gasteiger partial charge >= 0.3 is 0 Å². The van der Waals surface area contributed by atoms with Crippen LogP contribution >= 0.6 is 11.3 Å². The molecule has 5 rings (SSSR count). The minimum atomic E-state index is -0.202. The highest BCUT2D eigenvalue weighted by Gasteiger charge is 2.32. The highest BCUT2D eigenvalue weighted by Crippen LogP contribution is 2.29. The number of aromatic nitrogens is 2. The third kappa shape index (κ3) is 5.41. The summed E-state index contributed by atoms with van der Waals surface area (Å²) in [4.78, 5) is 27.0. The lowest BCUT2D eigenvalue weighted by atomic mass is 9.84. The zero-order chi connectivity index (χ0) is 24.2. The first-order valence-electron chi connectivity index (χ1n) is 12.0. The van der Waals surface area contributed by atoms with E-state index < -0.39 is 0 Å². The second kappa shape index (κ2) is 10.6. The molecule has 180 valence electrons. The van der Waals surface area contributed by atoms with E-state index in [9.17, 15) is 9.18 Å². The first-order chi connectivity index (χ1) is 17.1.